The van der Waals surface area contributed by atoms with Gasteiger partial charge in [0.15, 0.2) is 0 Å². The molecule has 0 saturated heterocycles. The standard InChI is InChI=1S/C27H34N4O/c1-18-6-5-7-23(16-18)29-26-12-13-30(4)27(19(2)28)24-9-8-22(17-25(24)26)21-10-14-31(15-11-21)20(3)32/h5-10,16-17,26,29H,11-15,28H2,1-4H3/b27-19-. The van der Waals surface area contributed by atoms with Crippen LogP contribution < -0.4 is 11.1 Å². The molecule has 0 aromatic heterocycles. The number of nitrogens with two attached hydrogens (primary N) is 1. The van der Waals surface area contributed by atoms with E-state index in [1.165, 1.54) is 27.8 Å². The normalized spacial score (nSPS) is 20.2. The molecular formula is C27H34N4O. The molecule has 0 bridgehead atoms. The van der Waals surface area contributed by atoms with E-state index in [1.54, 1.807) is 6.92 Å². The van der Waals surface area contributed by atoms with Crippen molar-refractivity contribution in [1.82, 2.24) is 9.80 Å². The fraction of sp³-hybridized carbons (Fsp3) is 0.370. The number of aryl methyl sites for hydroxylation is 1. The fourth-order valence-electron chi connectivity index (χ4n) is 4.88. The minimum absolute atomic E-state index is 0.140. The molecule has 0 fully saturated rings. The van der Waals surface area contributed by atoms with Crippen molar-refractivity contribution in [3.63, 3.8) is 0 Å². The number of hydrogen-bond donors (Lipinski definition) is 2. The summed E-state index contributed by atoms with van der Waals surface area (Å²) in [5.74, 6) is 0.140. The number of hydrogen-bond acceptors (Lipinski definition) is 4. The van der Waals surface area contributed by atoms with Crippen LogP contribution in [0.3, 0.4) is 0 Å². The van der Waals surface area contributed by atoms with Crippen LogP contribution in [0.25, 0.3) is 11.3 Å². The molecule has 168 valence electrons. The third kappa shape index (κ3) is 4.52. The second kappa shape index (κ2) is 9.11. The molecule has 1 amide bonds. The van der Waals surface area contributed by atoms with Crippen molar-refractivity contribution in [3.05, 3.63) is 76.5 Å². The summed E-state index contributed by atoms with van der Waals surface area (Å²) in [6, 6.07) is 15.5. The molecule has 32 heavy (non-hydrogen) atoms. The Hall–Kier alpha value is -3.21. The lowest BCUT2D eigenvalue weighted by molar-refractivity contribution is -0.128. The van der Waals surface area contributed by atoms with Crippen LogP contribution in [-0.2, 0) is 4.79 Å². The summed E-state index contributed by atoms with van der Waals surface area (Å²) in [4.78, 5) is 15.9. The predicted molar refractivity (Wildman–Crippen MR) is 133 cm³/mol. The Morgan fingerprint density at radius 1 is 1.12 bits per heavy atom. The highest BCUT2D eigenvalue weighted by Crippen LogP contribution is 2.38. The lowest BCUT2D eigenvalue weighted by atomic mass is 9.90. The number of anilines is 1. The Kier molecular flexibility index (Phi) is 6.26. The van der Waals surface area contributed by atoms with Gasteiger partial charge in [-0.15, -0.1) is 0 Å². The summed E-state index contributed by atoms with van der Waals surface area (Å²) in [7, 11) is 2.12. The highest BCUT2D eigenvalue weighted by molar-refractivity contribution is 5.78. The van der Waals surface area contributed by atoms with Gasteiger partial charge in [0.25, 0.3) is 0 Å². The van der Waals surface area contributed by atoms with Crippen molar-refractivity contribution < 1.29 is 4.79 Å². The second-order valence-electron chi connectivity index (χ2n) is 9.05. The molecule has 2 aliphatic rings. The number of nitrogens with one attached hydrogen (secondary N) is 1. The summed E-state index contributed by atoms with van der Waals surface area (Å²) in [6.45, 7) is 8.13. The zero-order valence-electron chi connectivity index (χ0n) is 19.6. The summed E-state index contributed by atoms with van der Waals surface area (Å²) >= 11 is 0. The van der Waals surface area contributed by atoms with Crippen LogP contribution in [-0.4, -0.2) is 42.4 Å². The molecule has 2 aromatic rings. The molecule has 3 N–H and O–H groups in total. The summed E-state index contributed by atoms with van der Waals surface area (Å²) < 4.78 is 0. The van der Waals surface area contributed by atoms with Crippen molar-refractivity contribution in [2.24, 2.45) is 5.73 Å². The van der Waals surface area contributed by atoms with Crippen LogP contribution in [0.4, 0.5) is 5.69 Å². The third-order valence-electron chi connectivity index (χ3n) is 6.57. The first-order valence-electron chi connectivity index (χ1n) is 11.4. The first-order valence-corrected chi connectivity index (χ1v) is 11.4. The predicted octanol–water partition coefficient (Wildman–Crippen LogP) is 4.77. The Balaban J connectivity index is 1.75. The van der Waals surface area contributed by atoms with E-state index in [0.29, 0.717) is 6.54 Å². The molecule has 5 heteroatoms. The lowest BCUT2D eigenvalue weighted by Crippen LogP contribution is -2.32. The van der Waals surface area contributed by atoms with E-state index in [1.807, 2.05) is 11.8 Å². The molecular weight excluding hydrogens is 396 g/mol. The first-order chi connectivity index (χ1) is 15.3. The van der Waals surface area contributed by atoms with Crippen molar-refractivity contribution in [2.45, 2.75) is 39.7 Å². The van der Waals surface area contributed by atoms with Gasteiger partial charge >= 0.3 is 0 Å². The number of rotatable bonds is 3. The average molecular weight is 431 g/mol. The van der Waals surface area contributed by atoms with Crippen molar-refractivity contribution >= 4 is 22.9 Å². The van der Waals surface area contributed by atoms with Gasteiger partial charge in [-0.2, -0.15) is 0 Å². The Labute approximate surface area is 191 Å². The molecule has 2 heterocycles. The quantitative estimate of drug-likeness (QED) is 0.737. The lowest BCUT2D eigenvalue weighted by Gasteiger charge is -2.27. The molecule has 4 rings (SSSR count). The molecule has 1 atom stereocenters. The molecule has 0 spiro atoms. The van der Waals surface area contributed by atoms with Crippen LogP contribution >= 0.6 is 0 Å². The average Bonchev–Trinajstić information content (AvgIpc) is 2.90. The number of allylic oxidation sites excluding steroid dienone is 1. The van der Waals surface area contributed by atoms with Crippen LogP contribution in [0.1, 0.15) is 55.0 Å². The molecule has 1 unspecified atom stereocenters. The van der Waals surface area contributed by atoms with E-state index in [4.69, 9.17) is 5.73 Å². The number of nitrogens with zero attached hydrogens (tertiary/aromatic N) is 2. The highest BCUT2D eigenvalue weighted by atomic mass is 16.2. The molecule has 2 aromatic carbocycles. The van der Waals surface area contributed by atoms with Gasteiger partial charge in [-0.25, -0.2) is 0 Å². The smallest absolute Gasteiger partial charge is 0.219 e. The molecule has 5 nitrogen and oxygen atoms in total. The maximum Gasteiger partial charge on any atom is 0.219 e. The minimum atomic E-state index is 0.140. The van der Waals surface area contributed by atoms with Crippen LogP contribution in [0.2, 0.25) is 0 Å². The highest BCUT2D eigenvalue weighted by Gasteiger charge is 2.26. The number of carbonyl (C=O) groups is 1. The second-order valence-corrected chi connectivity index (χ2v) is 9.05. The summed E-state index contributed by atoms with van der Waals surface area (Å²) in [5.41, 5.74) is 15.7. The maximum atomic E-state index is 11.7. The summed E-state index contributed by atoms with van der Waals surface area (Å²) in [6.07, 6.45) is 4.06. The van der Waals surface area contributed by atoms with E-state index >= 15 is 0 Å². The van der Waals surface area contributed by atoms with Crippen molar-refractivity contribution in [1.29, 1.82) is 0 Å². The van der Waals surface area contributed by atoms with Crippen LogP contribution in [0, 0.1) is 6.92 Å². The van der Waals surface area contributed by atoms with E-state index in [9.17, 15) is 4.79 Å². The van der Waals surface area contributed by atoms with E-state index in [0.717, 1.165) is 43.0 Å². The van der Waals surface area contributed by atoms with Crippen LogP contribution in [0.5, 0.6) is 0 Å². The van der Waals surface area contributed by atoms with Gasteiger partial charge in [0, 0.05) is 50.6 Å². The first kappa shape index (κ1) is 22.0. The van der Waals surface area contributed by atoms with Gasteiger partial charge in [-0.3, -0.25) is 4.79 Å². The number of carbonyl (C=O) groups excluding carboxylic acids is 1. The molecule has 0 aliphatic carbocycles. The number of benzene rings is 2. The van der Waals surface area contributed by atoms with Gasteiger partial charge in [-0.1, -0.05) is 30.3 Å². The fourth-order valence-corrected chi connectivity index (χ4v) is 4.88. The van der Waals surface area contributed by atoms with E-state index in [2.05, 4.69) is 72.7 Å². The van der Waals surface area contributed by atoms with Gasteiger partial charge in [0.2, 0.25) is 5.91 Å². The van der Waals surface area contributed by atoms with Gasteiger partial charge < -0.3 is 20.9 Å². The minimum Gasteiger partial charge on any atom is -0.401 e. The maximum absolute atomic E-state index is 11.7. The Morgan fingerprint density at radius 2 is 1.94 bits per heavy atom. The van der Waals surface area contributed by atoms with E-state index in [-0.39, 0.29) is 11.9 Å². The zero-order valence-corrected chi connectivity index (χ0v) is 19.6. The monoisotopic (exact) mass is 430 g/mol. The van der Waals surface area contributed by atoms with Crippen molar-refractivity contribution in [2.75, 3.05) is 32.0 Å². The number of fused-ring (bicyclic) bond motifs is 1. The van der Waals surface area contributed by atoms with Gasteiger partial charge in [0.1, 0.15) is 0 Å². The number of amides is 1. The molecule has 0 saturated carbocycles. The molecule has 2 aliphatic heterocycles. The third-order valence-corrected chi connectivity index (χ3v) is 6.57. The Morgan fingerprint density at radius 3 is 2.59 bits per heavy atom. The van der Waals surface area contributed by atoms with Crippen molar-refractivity contribution in [3.8, 4) is 0 Å². The van der Waals surface area contributed by atoms with Gasteiger partial charge in [0.05, 0.1) is 11.7 Å². The van der Waals surface area contributed by atoms with Crippen LogP contribution in [0.15, 0.2) is 54.2 Å². The summed E-state index contributed by atoms with van der Waals surface area (Å²) in [5, 5.41) is 3.79. The molecule has 0 radical (unpaired) electrons. The van der Waals surface area contributed by atoms with E-state index < -0.39 is 0 Å². The van der Waals surface area contributed by atoms with Gasteiger partial charge in [-0.05, 0) is 67.2 Å². The largest absolute Gasteiger partial charge is 0.401 e. The topological polar surface area (TPSA) is 61.6 Å². The SMILES string of the molecule is CC(=O)N1CC=C(c2ccc3c(c2)C(Nc2cccc(C)c2)CCN(C)/C3=C(/C)N)CC1. The zero-order chi connectivity index (χ0) is 22.8. The Bertz CT molecular complexity index is 1080.